The maximum absolute atomic E-state index is 13.4. The molecule has 7 nitrogen and oxygen atoms in total. The van der Waals surface area contributed by atoms with E-state index < -0.39 is 12.1 Å². The lowest BCUT2D eigenvalue weighted by molar-refractivity contribution is -0.182. The fourth-order valence-corrected chi connectivity index (χ4v) is 4.48. The zero-order chi connectivity index (χ0) is 19.9. The van der Waals surface area contributed by atoms with Gasteiger partial charge in [0.25, 0.3) is 5.91 Å². The molecule has 1 aliphatic heterocycles. The fraction of sp³-hybridized carbons (Fsp3) is 0.526. The van der Waals surface area contributed by atoms with E-state index in [1.54, 1.807) is 0 Å². The molecule has 0 spiro atoms. The van der Waals surface area contributed by atoms with Crippen molar-refractivity contribution in [2.24, 2.45) is 10.6 Å². The summed E-state index contributed by atoms with van der Waals surface area (Å²) in [6, 6.07) is 4.01. The first-order valence-electron chi connectivity index (χ1n) is 9.13. The summed E-state index contributed by atoms with van der Waals surface area (Å²) in [6.07, 6.45) is 2.20. The summed E-state index contributed by atoms with van der Waals surface area (Å²) >= 11 is 5.61. The molecule has 5 rings (SSSR count). The molecule has 1 aromatic carbocycles. The molecular weight excluding hydrogens is 391 g/mol. The first-order chi connectivity index (χ1) is 13.3. The predicted octanol–water partition coefficient (Wildman–Crippen LogP) is 2.95. The van der Waals surface area contributed by atoms with Crippen LogP contribution in [-0.2, 0) is 19.2 Å². The van der Waals surface area contributed by atoms with E-state index in [1.807, 2.05) is 6.92 Å². The Bertz CT molecular complexity index is 839. The normalized spacial score (nSPS) is 29.5. The van der Waals surface area contributed by atoms with Crippen LogP contribution in [0.1, 0.15) is 39.0 Å². The molecule has 2 bridgehead atoms. The van der Waals surface area contributed by atoms with Gasteiger partial charge in [0.1, 0.15) is 11.6 Å². The summed E-state index contributed by atoms with van der Waals surface area (Å²) in [5, 5.41) is 6.68. The van der Waals surface area contributed by atoms with Crippen molar-refractivity contribution in [3.8, 4) is 5.75 Å². The minimum Gasteiger partial charge on any atom is -0.484 e. The number of carbonyl (C=O) groups excluding carboxylic acids is 2. The Morgan fingerprint density at radius 1 is 1.39 bits per heavy atom. The Hall–Kier alpha value is -2.35. The van der Waals surface area contributed by atoms with Crippen LogP contribution in [0, 0.1) is 11.2 Å². The summed E-state index contributed by atoms with van der Waals surface area (Å²) in [7, 11) is 0. The van der Waals surface area contributed by atoms with Crippen molar-refractivity contribution in [1.29, 1.82) is 0 Å². The standard InChI is InChI=1S/C19H20ClFN2O5/c1-2-16-23-28-17(27-16)14(24)6-18-8-19(9-18,10-18)22-15(25)7-26-11-3-4-12(20)13(21)5-11/h3-5,17H,2,6-10H2,1H3,(H,22,25). The van der Waals surface area contributed by atoms with Crippen LogP contribution in [0.2, 0.25) is 5.02 Å². The fourth-order valence-electron chi connectivity index (χ4n) is 4.36. The van der Waals surface area contributed by atoms with E-state index in [2.05, 4.69) is 10.5 Å². The summed E-state index contributed by atoms with van der Waals surface area (Å²) in [5.74, 6) is -0.335. The van der Waals surface area contributed by atoms with Crippen molar-refractivity contribution in [3.63, 3.8) is 0 Å². The number of ether oxygens (including phenoxy) is 2. The number of rotatable bonds is 8. The van der Waals surface area contributed by atoms with Crippen molar-refractivity contribution in [2.45, 2.75) is 50.9 Å². The van der Waals surface area contributed by atoms with Gasteiger partial charge in [0, 0.05) is 24.4 Å². The van der Waals surface area contributed by atoms with E-state index >= 15 is 0 Å². The number of amides is 1. The summed E-state index contributed by atoms with van der Waals surface area (Å²) < 4.78 is 24.0. The molecule has 3 saturated carbocycles. The van der Waals surface area contributed by atoms with E-state index in [4.69, 9.17) is 25.9 Å². The van der Waals surface area contributed by atoms with Gasteiger partial charge in [-0.2, -0.15) is 0 Å². The minimum absolute atomic E-state index is 0.00334. The number of carbonyl (C=O) groups is 2. The molecule has 28 heavy (non-hydrogen) atoms. The van der Waals surface area contributed by atoms with Crippen LogP contribution < -0.4 is 10.1 Å². The van der Waals surface area contributed by atoms with Gasteiger partial charge < -0.3 is 19.6 Å². The lowest BCUT2D eigenvalue weighted by Crippen LogP contribution is -2.75. The Morgan fingerprint density at radius 3 is 2.79 bits per heavy atom. The lowest BCUT2D eigenvalue weighted by Gasteiger charge is -2.70. The van der Waals surface area contributed by atoms with Crippen LogP contribution in [0.25, 0.3) is 0 Å². The number of hydrogen-bond donors (Lipinski definition) is 1. The van der Waals surface area contributed by atoms with Gasteiger partial charge in [-0.3, -0.25) is 9.59 Å². The van der Waals surface area contributed by atoms with Crippen molar-refractivity contribution in [1.82, 2.24) is 5.32 Å². The highest BCUT2D eigenvalue weighted by Crippen LogP contribution is 2.69. The molecule has 1 unspecified atom stereocenters. The average molecular weight is 411 g/mol. The van der Waals surface area contributed by atoms with Crippen molar-refractivity contribution in [3.05, 3.63) is 29.0 Å². The zero-order valence-corrected chi connectivity index (χ0v) is 16.1. The monoisotopic (exact) mass is 410 g/mol. The van der Waals surface area contributed by atoms with Crippen LogP contribution in [0.4, 0.5) is 4.39 Å². The minimum atomic E-state index is -0.942. The quantitative estimate of drug-likeness (QED) is 0.712. The van der Waals surface area contributed by atoms with Crippen LogP contribution >= 0.6 is 11.6 Å². The molecule has 1 aromatic rings. The number of ketones is 1. The Kier molecular flexibility index (Phi) is 4.69. The number of hydrogen-bond acceptors (Lipinski definition) is 6. The molecule has 4 aliphatic rings. The van der Waals surface area contributed by atoms with Gasteiger partial charge in [0.2, 0.25) is 11.7 Å². The Morgan fingerprint density at radius 2 is 2.14 bits per heavy atom. The van der Waals surface area contributed by atoms with Crippen LogP contribution in [0.3, 0.4) is 0 Å². The highest BCUT2D eigenvalue weighted by atomic mass is 35.5. The highest BCUT2D eigenvalue weighted by Gasteiger charge is 2.69. The SMILES string of the molecule is CCC1=NOC(C(=O)CC23CC(NC(=O)COc4ccc(Cl)c(F)c4)(C2)C3)O1. The average Bonchev–Trinajstić information content (AvgIpc) is 3.09. The van der Waals surface area contributed by atoms with Crippen molar-refractivity contribution >= 4 is 29.2 Å². The topological polar surface area (TPSA) is 86.2 Å². The first kappa shape index (κ1) is 19.0. The smallest absolute Gasteiger partial charge is 0.325 e. The zero-order valence-electron chi connectivity index (χ0n) is 15.3. The van der Waals surface area contributed by atoms with Crippen molar-refractivity contribution < 1.29 is 28.3 Å². The summed E-state index contributed by atoms with van der Waals surface area (Å²) in [6.45, 7) is 1.66. The number of Topliss-reactive ketones (excluding diaryl/α,β-unsaturated/α-hetero) is 1. The molecule has 0 aromatic heterocycles. The second-order valence-corrected chi connectivity index (χ2v) is 8.17. The molecule has 150 valence electrons. The van der Waals surface area contributed by atoms with Gasteiger partial charge >= 0.3 is 6.29 Å². The summed E-state index contributed by atoms with van der Waals surface area (Å²) in [4.78, 5) is 29.5. The lowest BCUT2D eigenvalue weighted by atomic mass is 9.38. The molecule has 1 heterocycles. The largest absolute Gasteiger partial charge is 0.484 e. The van der Waals surface area contributed by atoms with E-state index in [-0.39, 0.29) is 40.0 Å². The molecular formula is C19H20ClFN2O5. The van der Waals surface area contributed by atoms with Gasteiger partial charge in [0.05, 0.1) is 5.02 Å². The van der Waals surface area contributed by atoms with Gasteiger partial charge in [-0.05, 0) is 42.0 Å². The van der Waals surface area contributed by atoms with E-state index in [9.17, 15) is 14.0 Å². The molecule has 0 radical (unpaired) electrons. The second-order valence-electron chi connectivity index (χ2n) is 7.76. The number of oxime groups is 1. The molecule has 9 heteroatoms. The van der Waals surface area contributed by atoms with Gasteiger partial charge in [-0.1, -0.05) is 18.5 Å². The van der Waals surface area contributed by atoms with E-state index in [0.29, 0.717) is 18.7 Å². The Balaban J connectivity index is 1.20. The number of benzene rings is 1. The molecule has 3 aliphatic carbocycles. The van der Waals surface area contributed by atoms with E-state index in [0.717, 1.165) is 25.3 Å². The van der Waals surface area contributed by atoms with E-state index in [1.165, 1.54) is 12.1 Å². The molecule has 1 atom stereocenters. The third-order valence-corrected chi connectivity index (χ3v) is 5.72. The number of nitrogens with one attached hydrogen (secondary N) is 1. The maximum Gasteiger partial charge on any atom is 0.325 e. The van der Waals surface area contributed by atoms with Gasteiger partial charge in [-0.25, -0.2) is 4.39 Å². The second kappa shape index (κ2) is 6.92. The van der Waals surface area contributed by atoms with Gasteiger partial charge in [-0.15, -0.1) is 0 Å². The van der Waals surface area contributed by atoms with Crippen LogP contribution in [0.5, 0.6) is 5.75 Å². The summed E-state index contributed by atoms with van der Waals surface area (Å²) in [5.41, 5.74) is -0.360. The molecule has 3 fully saturated rings. The van der Waals surface area contributed by atoms with Crippen LogP contribution in [-0.4, -0.2) is 36.0 Å². The maximum atomic E-state index is 13.4. The number of nitrogens with zero attached hydrogens (tertiary/aromatic N) is 1. The third-order valence-electron chi connectivity index (χ3n) is 5.41. The molecule has 0 saturated heterocycles. The Labute approximate surface area is 166 Å². The van der Waals surface area contributed by atoms with Gasteiger partial charge in [0.15, 0.2) is 6.61 Å². The van der Waals surface area contributed by atoms with Crippen LogP contribution in [0.15, 0.2) is 23.4 Å². The molecule has 1 amide bonds. The molecule has 1 N–H and O–H groups in total. The number of halogens is 2. The van der Waals surface area contributed by atoms with Crippen molar-refractivity contribution in [2.75, 3.05) is 6.61 Å². The highest BCUT2D eigenvalue weighted by molar-refractivity contribution is 6.30. The predicted molar refractivity (Wildman–Crippen MR) is 97.4 cm³/mol. The first-order valence-corrected chi connectivity index (χ1v) is 9.51. The third kappa shape index (κ3) is 3.53.